The van der Waals surface area contributed by atoms with Crippen molar-refractivity contribution in [1.82, 2.24) is 5.32 Å². The van der Waals surface area contributed by atoms with Crippen LogP contribution in [-0.4, -0.2) is 25.2 Å². The first kappa shape index (κ1) is 15.3. The fourth-order valence-electron chi connectivity index (χ4n) is 2.00. The molecule has 0 radical (unpaired) electrons. The zero-order valence-electron chi connectivity index (χ0n) is 10.5. The second-order valence-electron chi connectivity index (χ2n) is 4.54. The van der Waals surface area contributed by atoms with Gasteiger partial charge in [-0.15, -0.1) is 0 Å². The molecule has 1 saturated heterocycles. The molecule has 20 heavy (non-hydrogen) atoms. The highest BCUT2D eigenvalue weighted by molar-refractivity contribution is 9.10. The molecule has 110 valence electrons. The number of nitrogens with one attached hydrogen (secondary N) is 1. The molecule has 0 bridgehead atoms. The lowest BCUT2D eigenvalue weighted by molar-refractivity contribution is -0.138. The summed E-state index contributed by atoms with van der Waals surface area (Å²) in [7, 11) is 0. The molecule has 1 amide bonds. The van der Waals surface area contributed by atoms with Crippen molar-refractivity contribution in [1.29, 1.82) is 0 Å². The van der Waals surface area contributed by atoms with Crippen LogP contribution >= 0.6 is 15.9 Å². The highest BCUT2D eigenvalue weighted by Crippen LogP contribution is 2.35. The van der Waals surface area contributed by atoms with Gasteiger partial charge in [0.05, 0.1) is 11.7 Å². The Morgan fingerprint density at radius 3 is 2.80 bits per heavy atom. The second-order valence-corrected chi connectivity index (χ2v) is 5.39. The van der Waals surface area contributed by atoms with Crippen molar-refractivity contribution in [2.24, 2.45) is 0 Å². The molecule has 1 atom stereocenters. The van der Waals surface area contributed by atoms with Gasteiger partial charge in [0.2, 0.25) is 0 Å². The average molecular weight is 352 g/mol. The quantitative estimate of drug-likeness (QED) is 0.906. The minimum Gasteiger partial charge on any atom is -0.376 e. The Hall–Kier alpha value is -1.08. The summed E-state index contributed by atoms with van der Waals surface area (Å²) < 4.78 is 43.5. The zero-order valence-corrected chi connectivity index (χ0v) is 12.1. The van der Waals surface area contributed by atoms with E-state index in [1.54, 1.807) is 0 Å². The van der Waals surface area contributed by atoms with Gasteiger partial charge in [-0.25, -0.2) is 0 Å². The standard InChI is InChI=1S/C13H13BrF3NO2/c14-11-4-3-8(6-10(11)13(15,16)17)12(19)18-7-9-2-1-5-20-9/h3-4,6,9H,1-2,5,7H2,(H,18,19). The van der Waals surface area contributed by atoms with Crippen LogP contribution in [0.5, 0.6) is 0 Å². The first-order valence-corrected chi connectivity index (χ1v) is 6.94. The molecule has 1 heterocycles. The number of benzene rings is 1. The van der Waals surface area contributed by atoms with Crippen molar-refractivity contribution < 1.29 is 22.7 Å². The smallest absolute Gasteiger partial charge is 0.376 e. The molecule has 1 aliphatic rings. The summed E-state index contributed by atoms with van der Waals surface area (Å²) in [6.45, 7) is 0.979. The van der Waals surface area contributed by atoms with Gasteiger partial charge in [0.15, 0.2) is 0 Å². The largest absolute Gasteiger partial charge is 0.417 e. The number of halogens is 4. The maximum Gasteiger partial charge on any atom is 0.417 e. The van der Waals surface area contributed by atoms with E-state index in [2.05, 4.69) is 21.2 Å². The lowest BCUT2D eigenvalue weighted by Gasteiger charge is -2.13. The number of hydrogen-bond donors (Lipinski definition) is 1. The van der Waals surface area contributed by atoms with Crippen molar-refractivity contribution in [3.63, 3.8) is 0 Å². The summed E-state index contributed by atoms with van der Waals surface area (Å²) in [5.74, 6) is -0.529. The topological polar surface area (TPSA) is 38.3 Å². The van der Waals surface area contributed by atoms with Crippen molar-refractivity contribution in [2.45, 2.75) is 25.1 Å². The molecule has 1 fully saturated rings. The Kier molecular flexibility index (Phi) is 4.70. The van der Waals surface area contributed by atoms with Gasteiger partial charge in [-0.05, 0) is 31.0 Å². The van der Waals surface area contributed by atoms with Gasteiger partial charge in [0.25, 0.3) is 5.91 Å². The molecule has 0 aliphatic carbocycles. The number of carbonyl (C=O) groups is 1. The van der Waals surface area contributed by atoms with Crippen molar-refractivity contribution in [2.75, 3.05) is 13.2 Å². The van der Waals surface area contributed by atoms with Gasteiger partial charge in [0.1, 0.15) is 0 Å². The maximum absolute atomic E-state index is 12.7. The minimum absolute atomic E-state index is 0.0153. The van der Waals surface area contributed by atoms with Crippen LogP contribution in [0.1, 0.15) is 28.8 Å². The van der Waals surface area contributed by atoms with E-state index in [0.717, 1.165) is 18.9 Å². The summed E-state index contributed by atoms with van der Waals surface area (Å²) in [6, 6.07) is 3.42. The Labute approximate surface area is 122 Å². The van der Waals surface area contributed by atoms with Crippen LogP contribution in [0.4, 0.5) is 13.2 Å². The predicted molar refractivity (Wildman–Crippen MR) is 70.5 cm³/mol. The highest BCUT2D eigenvalue weighted by atomic mass is 79.9. The van der Waals surface area contributed by atoms with E-state index in [4.69, 9.17) is 4.74 Å². The van der Waals surface area contributed by atoms with Crippen LogP contribution in [0.15, 0.2) is 22.7 Å². The molecule has 3 nitrogen and oxygen atoms in total. The molecule has 2 rings (SSSR count). The van der Waals surface area contributed by atoms with Gasteiger partial charge in [0, 0.05) is 23.2 Å². The minimum atomic E-state index is -4.50. The molecular weight excluding hydrogens is 339 g/mol. The highest BCUT2D eigenvalue weighted by Gasteiger charge is 2.33. The lowest BCUT2D eigenvalue weighted by Crippen LogP contribution is -2.31. The van der Waals surface area contributed by atoms with E-state index in [-0.39, 0.29) is 16.1 Å². The van der Waals surface area contributed by atoms with E-state index in [1.165, 1.54) is 12.1 Å². The molecule has 1 aromatic rings. The fraction of sp³-hybridized carbons (Fsp3) is 0.462. The van der Waals surface area contributed by atoms with E-state index in [9.17, 15) is 18.0 Å². The van der Waals surface area contributed by atoms with Gasteiger partial charge in [-0.3, -0.25) is 4.79 Å². The Morgan fingerprint density at radius 2 is 2.20 bits per heavy atom. The van der Waals surface area contributed by atoms with E-state index in [1.807, 2.05) is 0 Å². The monoisotopic (exact) mass is 351 g/mol. The molecule has 0 saturated carbocycles. The number of carbonyl (C=O) groups excluding carboxylic acids is 1. The lowest BCUT2D eigenvalue weighted by atomic mass is 10.1. The van der Waals surface area contributed by atoms with E-state index in [0.29, 0.717) is 13.2 Å². The number of ether oxygens (including phenoxy) is 1. The third-order valence-electron chi connectivity index (χ3n) is 3.05. The third-order valence-corrected chi connectivity index (χ3v) is 3.74. The summed E-state index contributed by atoms with van der Waals surface area (Å²) in [4.78, 5) is 11.8. The molecule has 0 aromatic heterocycles. The van der Waals surface area contributed by atoms with E-state index < -0.39 is 17.6 Å². The predicted octanol–water partition coefficient (Wildman–Crippen LogP) is 3.38. The molecule has 0 spiro atoms. The first-order valence-electron chi connectivity index (χ1n) is 6.14. The first-order chi connectivity index (χ1) is 9.38. The number of rotatable bonds is 3. The summed E-state index contributed by atoms with van der Waals surface area (Å²) >= 11 is 2.84. The maximum atomic E-state index is 12.7. The van der Waals surface area contributed by atoms with Crippen molar-refractivity contribution in [3.05, 3.63) is 33.8 Å². The van der Waals surface area contributed by atoms with Gasteiger partial charge in [-0.2, -0.15) is 13.2 Å². The zero-order chi connectivity index (χ0) is 14.8. The molecule has 1 unspecified atom stereocenters. The van der Waals surface area contributed by atoms with Crippen LogP contribution in [0.2, 0.25) is 0 Å². The normalized spacial score (nSPS) is 19.1. The molecular formula is C13H13BrF3NO2. The SMILES string of the molecule is O=C(NCC1CCCO1)c1ccc(Br)c(C(F)(F)F)c1. The summed E-state index contributed by atoms with van der Waals surface area (Å²) in [5.41, 5.74) is -0.874. The van der Waals surface area contributed by atoms with Crippen molar-refractivity contribution in [3.8, 4) is 0 Å². The van der Waals surface area contributed by atoms with Gasteiger partial charge in [-0.1, -0.05) is 15.9 Å². The van der Waals surface area contributed by atoms with Crippen molar-refractivity contribution >= 4 is 21.8 Å². The molecule has 1 aliphatic heterocycles. The Balaban J connectivity index is 2.06. The summed E-state index contributed by atoms with van der Waals surface area (Å²) in [6.07, 6.45) is -2.74. The third kappa shape index (κ3) is 3.73. The van der Waals surface area contributed by atoms with Crippen LogP contribution in [0.3, 0.4) is 0 Å². The van der Waals surface area contributed by atoms with E-state index >= 15 is 0 Å². The second kappa shape index (κ2) is 6.13. The molecule has 7 heteroatoms. The number of amides is 1. The van der Waals surface area contributed by atoms with Crippen LogP contribution < -0.4 is 5.32 Å². The Morgan fingerprint density at radius 1 is 1.45 bits per heavy atom. The fourth-order valence-corrected chi connectivity index (χ4v) is 2.47. The molecule has 1 aromatic carbocycles. The average Bonchev–Trinajstić information content (AvgIpc) is 2.88. The van der Waals surface area contributed by atoms with Crippen LogP contribution in [0.25, 0.3) is 0 Å². The van der Waals surface area contributed by atoms with Crippen LogP contribution in [0, 0.1) is 0 Å². The molecule has 1 N–H and O–H groups in total. The van der Waals surface area contributed by atoms with Gasteiger partial charge < -0.3 is 10.1 Å². The Bertz CT molecular complexity index is 499. The van der Waals surface area contributed by atoms with Crippen LogP contribution in [-0.2, 0) is 10.9 Å². The number of hydrogen-bond acceptors (Lipinski definition) is 2. The summed E-state index contributed by atoms with van der Waals surface area (Å²) in [5, 5.41) is 2.59. The number of alkyl halides is 3. The van der Waals surface area contributed by atoms with Gasteiger partial charge >= 0.3 is 6.18 Å².